The van der Waals surface area contributed by atoms with Gasteiger partial charge < -0.3 is 5.32 Å². The fourth-order valence-electron chi connectivity index (χ4n) is 2.12. The molecular weight excluding hydrogens is 375 g/mol. The van der Waals surface area contributed by atoms with Crippen LogP contribution in [0.3, 0.4) is 0 Å². The molecule has 0 spiro atoms. The zero-order chi connectivity index (χ0) is 18.4. The van der Waals surface area contributed by atoms with Crippen molar-refractivity contribution in [1.29, 1.82) is 0 Å². The van der Waals surface area contributed by atoms with Gasteiger partial charge in [-0.15, -0.1) is 0 Å². The molecule has 2 N–H and O–H groups in total. The Morgan fingerprint density at radius 2 is 2.04 bits per heavy atom. The Morgan fingerprint density at radius 3 is 2.77 bits per heavy atom. The van der Waals surface area contributed by atoms with E-state index in [1.54, 1.807) is 10.9 Å². The van der Waals surface area contributed by atoms with E-state index in [0.29, 0.717) is 15.6 Å². The number of carbonyl (C=O) groups excluding carboxylic acids is 1. The van der Waals surface area contributed by atoms with Crippen LogP contribution in [0.4, 0.5) is 5.69 Å². The zero-order valence-electron chi connectivity index (χ0n) is 13.4. The second-order valence-electron chi connectivity index (χ2n) is 5.16. The Morgan fingerprint density at radius 1 is 1.23 bits per heavy atom. The summed E-state index contributed by atoms with van der Waals surface area (Å²) in [5.74, 6) is -0.313. The number of anilines is 1. The fraction of sp³-hybridized carbons (Fsp3) is 0.0588. The molecule has 26 heavy (non-hydrogen) atoms. The van der Waals surface area contributed by atoms with Gasteiger partial charge in [0.05, 0.1) is 28.5 Å². The number of benzene rings is 1. The Kier molecular flexibility index (Phi) is 5.83. The van der Waals surface area contributed by atoms with Gasteiger partial charge in [-0.1, -0.05) is 29.3 Å². The Bertz CT molecular complexity index is 907. The summed E-state index contributed by atoms with van der Waals surface area (Å²) in [5.41, 5.74) is 4.58. The maximum atomic E-state index is 11.9. The van der Waals surface area contributed by atoms with E-state index < -0.39 is 0 Å². The number of hydrogen-bond donors (Lipinski definition) is 2. The monoisotopic (exact) mass is 388 g/mol. The van der Waals surface area contributed by atoms with Gasteiger partial charge in [0.25, 0.3) is 5.91 Å². The quantitative estimate of drug-likeness (QED) is 0.501. The first-order valence-corrected chi connectivity index (χ1v) is 8.34. The number of hydrazone groups is 1. The Labute approximate surface area is 159 Å². The molecule has 7 nitrogen and oxygen atoms in total. The van der Waals surface area contributed by atoms with E-state index in [1.807, 2.05) is 36.5 Å². The van der Waals surface area contributed by atoms with Crippen molar-refractivity contribution in [1.82, 2.24) is 20.2 Å². The molecule has 0 radical (unpaired) electrons. The first-order valence-electron chi connectivity index (χ1n) is 7.58. The van der Waals surface area contributed by atoms with Gasteiger partial charge in [0.15, 0.2) is 0 Å². The summed E-state index contributed by atoms with van der Waals surface area (Å²) in [7, 11) is 0. The number of nitrogens with one attached hydrogen (secondary N) is 2. The molecule has 0 saturated carbocycles. The lowest BCUT2D eigenvalue weighted by atomic mass is 10.3. The van der Waals surface area contributed by atoms with Crippen LogP contribution in [0.2, 0.25) is 10.0 Å². The summed E-state index contributed by atoms with van der Waals surface area (Å²) in [6.45, 7) is 0.0533. The molecule has 2 heterocycles. The second-order valence-corrected chi connectivity index (χ2v) is 5.98. The maximum absolute atomic E-state index is 11.9. The number of amides is 1. The standard InChI is InChI=1S/C17H14Cl2N6O/c18-15-9-20-10-16(19)14(15)8-22-24-17(26)11-21-12-3-1-4-13(7-12)25-6-2-5-23-25/h1-10,21H,11H2,(H,24,26)/b22-8+. The molecule has 3 rings (SSSR count). The van der Waals surface area contributed by atoms with E-state index in [2.05, 4.69) is 25.9 Å². The van der Waals surface area contributed by atoms with Gasteiger partial charge in [-0.3, -0.25) is 9.78 Å². The summed E-state index contributed by atoms with van der Waals surface area (Å²) in [4.78, 5) is 15.8. The van der Waals surface area contributed by atoms with Crippen LogP contribution in [0.25, 0.3) is 5.69 Å². The molecule has 9 heteroatoms. The van der Waals surface area contributed by atoms with Gasteiger partial charge in [0, 0.05) is 36.0 Å². The van der Waals surface area contributed by atoms with E-state index in [-0.39, 0.29) is 12.5 Å². The van der Waals surface area contributed by atoms with E-state index in [9.17, 15) is 4.79 Å². The van der Waals surface area contributed by atoms with Crippen LogP contribution in [0.5, 0.6) is 0 Å². The Balaban J connectivity index is 1.55. The highest BCUT2D eigenvalue weighted by Gasteiger charge is 2.04. The first-order chi connectivity index (χ1) is 12.6. The molecule has 0 aliphatic rings. The molecule has 0 fully saturated rings. The van der Waals surface area contributed by atoms with E-state index in [0.717, 1.165) is 11.4 Å². The highest BCUT2D eigenvalue weighted by atomic mass is 35.5. The third-order valence-corrected chi connectivity index (χ3v) is 3.94. The average molecular weight is 389 g/mol. The third kappa shape index (κ3) is 4.59. The van der Waals surface area contributed by atoms with Crippen molar-refractivity contribution in [3.63, 3.8) is 0 Å². The predicted molar refractivity (Wildman–Crippen MR) is 102 cm³/mol. The number of halogens is 2. The topological polar surface area (TPSA) is 84.2 Å². The van der Waals surface area contributed by atoms with Crippen molar-refractivity contribution in [2.45, 2.75) is 0 Å². The summed E-state index contributed by atoms with van der Waals surface area (Å²) in [5, 5.41) is 11.8. The number of pyridine rings is 1. The van der Waals surface area contributed by atoms with Gasteiger partial charge in [0.1, 0.15) is 0 Å². The molecule has 3 aromatic rings. The highest BCUT2D eigenvalue weighted by Crippen LogP contribution is 2.20. The molecule has 0 saturated heterocycles. The molecule has 132 valence electrons. The molecule has 0 aliphatic carbocycles. The number of carbonyl (C=O) groups is 1. The van der Waals surface area contributed by atoms with E-state index in [1.165, 1.54) is 18.6 Å². The maximum Gasteiger partial charge on any atom is 0.259 e. The third-order valence-electron chi connectivity index (χ3n) is 3.34. The van der Waals surface area contributed by atoms with Gasteiger partial charge in [0.2, 0.25) is 0 Å². The second kappa shape index (κ2) is 8.46. The van der Waals surface area contributed by atoms with Crippen LogP contribution >= 0.6 is 23.2 Å². The molecule has 0 unspecified atom stereocenters. The fourth-order valence-corrected chi connectivity index (χ4v) is 2.58. The van der Waals surface area contributed by atoms with E-state index in [4.69, 9.17) is 23.2 Å². The lowest BCUT2D eigenvalue weighted by molar-refractivity contribution is -0.119. The van der Waals surface area contributed by atoms with Crippen LogP contribution in [-0.2, 0) is 4.79 Å². The lowest BCUT2D eigenvalue weighted by Crippen LogP contribution is -2.25. The summed E-state index contributed by atoms with van der Waals surface area (Å²) in [6.07, 6.45) is 7.82. The highest BCUT2D eigenvalue weighted by molar-refractivity contribution is 6.38. The summed E-state index contributed by atoms with van der Waals surface area (Å²) in [6, 6.07) is 9.39. The Hall–Kier alpha value is -2.90. The van der Waals surface area contributed by atoms with E-state index >= 15 is 0 Å². The molecule has 1 aromatic carbocycles. The molecule has 0 atom stereocenters. The van der Waals surface area contributed by atoms with Crippen molar-refractivity contribution >= 4 is 41.0 Å². The molecule has 2 aromatic heterocycles. The SMILES string of the molecule is O=C(CNc1cccc(-n2cccn2)c1)N/N=C/c1c(Cl)cncc1Cl. The van der Waals surface area contributed by atoms with Crippen molar-refractivity contribution in [3.05, 3.63) is 70.7 Å². The number of rotatable bonds is 6. The van der Waals surface area contributed by atoms with Crippen LogP contribution in [0.1, 0.15) is 5.56 Å². The molecule has 0 bridgehead atoms. The van der Waals surface area contributed by atoms with Gasteiger partial charge in [-0.05, 0) is 24.3 Å². The van der Waals surface area contributed by atoms with Crippen LogP contribution < -0.4 is 10.7 Å². The number of hydrogen-bond acceptors (Lipinski definition) is 5. The van der Waals surface area contributed by atoms with Gasteiger partial charge in [-0.25, -0.2) is 10.1 Å². The first kappa shape index (κ1) is 17.9. The smallest absolute Gasteiger partial charge is 0.259 e. The number of aromatic nitrogens is 3. The molecular formula is C17H14Cl2N6O. The number of nitrogens with zero attached hydrogens (tertiary/aromatic N) is 4. The molecule has 1 amide bonds. The van der Waals surface area contributed by atoms with Crippen LogP contribution in [0.15, 0.2) is 60.2 Å². The minimum absolute atomic E-state index is 0.0533. The summed E-state index contributed by atoms with van der Waals surface area (Å²) >= 11 is 11.9. The lowest BCUT2D eigenvalue weighted by Gasteiger charge is -2.08. The average Bonchev–Trinajstić information content (AvgIpc) is 3.17. The minimum Gasteiger partial charge on any atom is -0.376 e. The molecule has 0 aliphatic heterocycles. The normalized spacial score (nSPS) is 10.8. The van der Waals surface area contributed by atoms with Crippen molar-refractivity contribution in [3.8, 4) is 5.69 Å². The van der Waals surface area contributed by atoms with Crippen LogP contribution in [-0.4, -0.2) is 33.4 Å². The van der Waals surface area contributed by atoms with Gasteiger partial charge >= 0.3 is 0 Å². The minimum atomic E-state index is -0.313. The van der Waals surface area contributed by atoms with Crippen molar-refractivity contribution in [2.24, 2.45) is 5.10 Å². The van der Waals surface area contributed by atoms with Crippen molar-refractivity contribution < 1.29 is 4.79 Å². The zero-order valence-corrected chi connectivity index (χ0v) is 14.9. The predicted octanol–water partition coefficient (Wildman–Crippen LogP) is 3.14. The van der Waals surface area contributed by atoms with Crippen LogP contribution in [0, 0.1) is 0 Å². The largest absolute Gasteiger partial charge is 0.376 e. The summed E-state index contributed by atoms with van der Waals surface area (Å²) < 4.78 is 1.73. The van der Waals surface area contributed by atoms with Gasteiger partial charge in [-0.2, -0.15) is 10.2 Å². The van der Waals surface area contributed by atoms with Crippen molar-refractivity contribution in [2.75, 3.05) is 11.9 Å².